The Hall–Kier alpha value is -2.23. The van der Waals surface area contributed by atoms with Crippen LogP contribution in [0.5, 0.6) is 11.5 Å². The van der Waals surface area contributed by atoms with Gasteiger partial charge in [-0.3, -0.25) is 4.79 Å². The number of hydrogen-bond acceptors (Lipinski definition) is 6. The molecule has 0 spiro atoms. The summed E-state index contributed by atoms with van der Waals surface area (Å²) in [5, 5.41) is 10.1. The fourth-order valence-electron chi connectivity index (χ4n) is 2.64. The molecule has 5 nitrogen and oxygen atoms in total. The number of carbonyl (C=O) groups is 1. The molecule has 9 heteroatoms. The predicted molar refractivity (Wildman–Crippen MR) is 116 cm³/mol. The number of aryl methyl sites for hydroxylation is 1. The van der Waals surface area contributed by atoms with E-state index in [-0.39, 0.29) is 24.7 Å². The number of carbonyl (C=O) groups excluding carboxylic acids is 1. The molecule has 0 aromatic heterocycles. The lowest BCUT2D eigenvalue weighted by Gasteiger charge is -2.26. The Labute approximate surface area is 189 Å². The zero-order valence-electron chi connectivity index (χ0n) is 18.4. The van der Waals surface area contributed by atoms with Gasteiger partial charge in [-0.1, -0.05) is 0 Å². The summed E-state index contributed by atoms with van der Waals surface area (Å²) in [5.41, 5.74) is -0.944. The predicted octanol–water partition coefficient (Wildman–Crippen LogP) is 4.92. The monoisotopic (exact) mass is 472 g/mol. The number of alkyl halides is 3. The van der Waals surface area contributed by atoms with Crippen LogP contribution in [0.15, 0.2) is 47.4 Å². The molecule has 0 amide bonds. The van der Waals surface area contributed by atoms with E-state index < -0.39 is 23.4 Å². The highest BCUT2D eigenvalue weighted by Gasteiger charge is 2.30. The SMILES string of the molecule is COCC(=O)C(C)(C)Oc1ccc(SCC(O)COc2ccc(C(F)(F)F)cc2)cc1C. The van der Waals surface area contributed by atoms with Crippen LogP contribution in [0.3, 0.4) is 0 Å². The Kier molecular flexibility index (Phi) is 9.00. The molecule has 0 aliphatic heterocycles. The Morgan fingerprint density at radius 1 is 1.12 bits per heavy atom. The number of Topliss-reactive ketones (excluding diaryl/α,β-unsaturated/α-hetero) is 1. The van der Waals surface area contributed by atoms with Gasteiger partial charge in [0.1, 0.15) is 24.7 Å². The fraction of sp³-hybridized carbons (Fsp3) is 0.435. The second-order valence-corrected chi connectivity index (χ2v) is 8.79. The summed E-state index contributed by atoms with van der Waals surface area (Å²) in [6.07, 6.45) is -5.22. The molecule has 1 N–H and O–H groups in total. The number of rotatable bonds is 11. The smallest absolute Gasteiger partial charge is 0.416 e. The summed E-state index contributed by atoms with van der Waals surface area (Å²) in [7, 11) is 1.45. The number of thioether (sulfide) groups is 1. The van der Waals surface area contributed by atoms with E-state index in [2.05, 4.69) is 0 Å². The van der Waals surface area contributed by atoms with Crippen molar-refractivity contribution >= 4 is 17.5 Å². The van der Waals surface area contributed by atoms with Crippen molar-refractivity contribution < 1.29 is 37.3 Å². The van der Waals surface area contributed by atoms with Crippen molar-refractivity contribution in [3.63, 3.8) is 0 Å². The third-order valence-corrected chi connectivity index (χ3v) is 5.66. The summed E-state index contributed by atoms with van der Waals surface area (Å²) in [4.78, 5) is 13.0. The van der Waals surface area contributed by atoms with Gasteiger partial charge >= 0.3 is 6.18 Å². The number of aliphatic hydroxyl groups is 1. The van der Waals surface area contributed by atoms with Gasteiger partial charge in [-0.2, -0.15) is 13.2 Å². The highest BCUT2D eigenvalue weighted by Crippen LogP contribution is 2.31. The Balaban J connectivity index is 1.85. The molecule has 0 heterocycles. The van der Waals surface area contributed by atoms with Gasteiger partial charge in [0.15, 0.2) is 5.60 Å². The molecule has 2 rings (SSSR count). The van der Waals surface area contributed by atoms with Crippen LogP contribution in [0.1, 0.15) is 25.0 Å². The van der Waals surface area contributed by atoms with Gasteiger partial charge < -0.3 is 19.3 Å². The topological polar surface area (TPSA) is 65.0 Å². The number of ether oxygens (including phenoxy) is 3. The second kappa shape index (κ2) is 11.1. The van der Waals surface area contributed by atoms with Crippen LogP contribution in [-0.2, 0) is 15.7 Å². The summed E-state index contributed by atoms with van der Waals surface area (Å²) in [5.74, 6) is 0.993. The first-order valence-corrected chi connectivity index (χ1v) is 10.8. The molecule has 0 aliphatic carbocycles. The van der Waals surface area contributed by atoms with Gasteiger partial charge in [0.25, 0.3) is 0 Å². The number of halogens is 3. The van der Waals surface area contributed by atoms with E-state index in [1.807, 2.05) is 19.1 Å². The number of methoxy groups -OCH3 is 1. The number of hydrogen-bond donors (Lipinski definition) is 1. The van der Waals surface area contributed by atoms with Crippen LogP contribution in [0, 0.1) is 6.92 Å². The van der Waals surface area contributed by atoms with Crippen molar-refractivity contribution in [2.45, 2.75) is 43.5 Å². The van der Waals surface area contributed by atoms with Crippen LogP contribution >= 0.6 is 11.8 Å². The van der Waals surface area contributed by atoms with E-state index >= 15 is 0 Å². The van der Waals surface area contributed by atoms with Gasteiger partial charge in [-0.25, -0.2) is 0 Å². The lowest BCUT2D eigenvalue weighted by Crippen LogP contribution is -2.40. The van der Waals surface area contributed by atoms with Gasteiger partial charge in [0, 0.05) is 17.8 Å². The average Bonchev–Trinajstić information content (AvgIpc) is 2.72. The highest BCUT2D eigenvalue weighted by molar-refractivity contribution is 7.99. The first kappa shape index (κ1) is 26.0. The molecule has 0 fully saturated rings. The molecule has 1 unspecified atom stereocenters. The molecule has 0 aliphatic rings. The minimum absolute atomic E-state index is 0.0353. The summed E-state index contributed by atoms with van der Waals surface area (Å²) in [6.45, 7) is 5.15. The van der Waals surface area contributed by atoms with Crippen LogP contribution in [0.4, 0.5) is 13.2 Å². The van der Waals surface area contributed by atoms with E-state index in [0.29, 0.717) is 11.5 Å². The van der Waals surface area contributed by atoms with Crippen molar-refractivity contribution in [1.82, 2.24) is 0 Å². The molecule has 0 radical (unpaired) electrons. The van der Waals surface area contributed by atoms with Crippen LogP contribution in [0.25, 0.3) is 0 Å². The molecule has 0 bridgehead atoms. The van der Waals surface area contributed by atoms with E-state index in [4.69, 9.17) is 14.2 Å². The minimum atomic E-state index is -4.40. The van der Waals surface area contributed by atoms with Crippen LogP contribution < -0.4 is 9.47 Å². The normalized spacial score (nSPS) is 13.0. The Morgan fingerprint density at radius 2 is 1.78 bits per heavy atom. The maximum atomic E-state index is 12.6. The van der Waals surface area contributed by atoms with Gasteiger partial charge in [0.05, 0.1) is 11.7 Å². The summed E-state index contributed by atoms with van der Waals surface area (Å²) < 4.78 is 53.9. The lowest BCUT2D eigenvalue weighted by molar-refractivity contribution is -0.137. The zero-order valence-corrected chi connectivity index (χ0v) is 19.2. The maximum Gasteiger partial charge on any atom is 0.416 e. The molecule has 176 valence electrons. The molecule has 2 aromatic carbocycles. The standard InChI is InChI=1S/C23H27F3O5S/c1-15-11-19(9-10-20(15)31-22(2,3)21(28)13-29-4)32-14-17(27)12-30-18-7-5-16(6-8-18)23(24,25)26/h5-11,17,27H,12-14H2,1-4H3. The molecular weight excluding hydrogens is 445 g/mol. The highest BCUT2D eigenvalue weighted by atomic mass is 32.2. The maximum absolute atomic E-state index is 12.6. The number of benzene rings is 2. The fourth-order valence-corrected chi connectivity index (χ4v) is 3.54. The third-order valence-electron chi connectivity index (χ3n) is 4.52. The van der Waals surface area contributed by atoms with Crippen molar-refractivity contribution in [3.05, 3.63) is 53.6 Å². The van der Waals surface area contributed by atoms with Crippen molar-refractivity contribution in [3.8, 4) is 11.5 Å². The third kappa shape index (κ3) is 7.72. The largest absolute Gasteiger partial charge is 0.491 e. The first-order chi connectivity index (χ1) is 14.9. The molecule has 1 atom stereocenters. The van der Waals surface area contributed by atoms with Crippen molar-refractivity contribution in [2.75, 3.05) is 26.1 Å². The molecule has 32 heavy (non-hydrogen) atoms. The molecule has 2 aromatic rings. The average molecular weight is 473 g/mol. The Bertz CT molecular complexity index is 897. The van der Waals surface area contributed by atoms with Crippen LogP contribution in [-0.4, -0.2) is 48.7 Å². The Morgan fingerprint density at radius 3 is 2.34 bits per heavy atom. The van der Waals surface area contributed by atoms with E-state index in [0.717, 1.165) is 22.6 Å². The van der Waals surface area contributed by atoms with Crippen molar-refractivity contribution in [2.24, 2.45) is 0 Å². The van der Waals surface area contributed by atoms with Gasteiger partial charge in [-0.05, 0) is 68.8 Å². The van der Waals surface area contributed by atoms with Crippen LogP contribution in [0.2, 0.25) is 0 Å². The van der Waals surface area contributed by atoms with Gasteiger partial charge in [0.2, 0.25) is 5.78 Å². The molecule has 0 saturated carbocycles. The van der Waals surface area contributed by atoms with Crippen molar-refractivity contribution in [1.29, 1.82) is 0 Å². The van der Waals surface area contributed by atoms with E-state index in [1.165, 1.54) is 31.0 Å². The summed E-state index contributed by atoms with van der Waals surface area (Å²) in [6, 6.07) is 9.81. The van der Waals surface area contributed by atoms with Gasteiger partial charge in [-0.15, -0.1) is 11.8 Å². The first-order valence-electron chi connectivity index (χ1n) is 9.85. The minimum Gasteiger partial charge on any atom is -0.491 e. The lowest BCUT2D eigenvalue weighted by atomic mass is 10.0. The summed E-state index contributed by atoms with van der Waals surface area (Å²) >= 11 is 1.40. The quantitative estimate of drug-likeness (QED) is 0.469. The second-order valence-electron chi connectivity index (χ2n) is 7.69. The zero-order chi connectivity index (χ0) is 23.9. The molecular formula is C23H27F3O5S. The van der Waals surface area contributed by atoms with E-state index in [9.17, 15) is 23.1 Å². The number of aliphatic hydroxyl groups excluding tert-OH is 1. The van der Waals surface area contributed by atoms with E-state index in [1.54, 1.807) is 19.9 Å². The molecule has 0 saturated heterocycles. The number of ketones is 1.